The third kappa shape index (κ3) is 6.95. The number of hydrogen-bond acceptors (Lipinski definition) is 3. The number of aryl methyl sites for hydroxylation is 1. The third-order valence-electron chi connectivity index (χ3n) is 4.18. The zero-order valence-electron chi connectivity index (χ0n) is 14.6. The van der Waals surface area contributed by atoms with E-state index in [-0.39, 0.29) is 11.8 Å². The summed E-state index contributed by atoms with van der Waals surface area (Å²) in [6, 6.07) is 8.38. The van der Waals surface area contributed by atoms with Crippen LogP contribution in [0.1, 0.15) is 43.2 Å². The average Bonchev–Trinajstić information content (AvgIpc) is 2.76. The van der Waals surface area contributed by atoms with E-state index in [9.17, 15) is 9.59 Å². The molecule has 5 heteroatoms. The van der Waals surface area contributed by atoms with Crippen LogP contribution in [0.25, 0.3) is 0 Å². The van der Waals surface area contributed by atoms with Crippen LogP contribution in [-0.4, -0.2) is 42.1 Å². The molecule has 0 saturated carbocycles. The second-order valence-electron chi connectivity index (χ2n) is 6.38. The summed E-state index contributed by atoms with van der Waals surface area (Å²) in [5.41, 5.74) is 2.51. The molecule has 0 aromatic heterocycles. The lowest BCUT2D eigenvalue weighted by Gasteiger charge is -2.20. The zero-order valence-corrected chi connectivity index (χ0v) is 15.4. The van der Waals surface area contributed by atoms with Crippen molar-refractivity contribution in [2.24, 2.45) is 0 Å². The lowest BCUT2D eigenvalue weighted by Crippen LogP contribution is -2.34. The number of carbonyl (C=O) groups is 2. The van der Waals surface area contributed by atoms with Crippen LogP contribution in [0.15, 0.2) is 24.3 Å². The van der Waals surface area contributed by atoms with E-state index in [1.54, 1.807) is 11.8 Å². The summed E-state index contributed by atoms with van der Waals surface area (Å²) in [4.78, 5) is 25.7. The molecule has 1 saturated heterocycles. The number of thioether (sulfide) groups is 1. The van der Waals surface area contributed by atoms with Gasteiger partial charge in [0.15, 0.2) is 0 Å². The van der Waals surface area contributed by atoms with E-state index in [4.69, 9.17) is 0 Å². The highest BCUT2D eigenvalue weighted by Crippen LogP contribution is 2.13. The Morgan fingerprint density at radius 1 is 1.29 bits per heavy atom. The first-order valence-electron chi connectivity index (χ1n) is 8.83. The van der Waals surface area contributed by atoms with Gasteiger partial charge in [-0.25, -0.2) is 0 Å². The summed E-state index contributed by atoms with van der Waals surface area (Å²) in [7, 11) is 0. The normalized spacial score (nSPS) is 15.2. The molecule has 1 aromatic rings. The van der Waals surface area contributed by atoms with Crippen LogP contribution in [0.4, 0.5) is 0 Å². The molecule has 4 nitrogen and oxygen atoms in total. The summed E-state index contributed by atoms with van der Waals surface area (Å²) in [6.07, 6.45) is 4.79. The predicted molar refractivity (Wildman–Crippen MR) is 100 cm³/mol. The Balaban J connectivity index is 1.55. The molecular formula is C19H28N2O2S. The SMILES string of the molecule is Cc1cccc(CSCC(=O)NCCCN2CCCCCC2=O)c1. The van der Waals surface area contributed by atoms with Crippen LogP contribution in [0.2, 0.25) is 0 Å². The quantitative estimate of drug-likeness (QED) is 0.734. The van der Waals surface area contributed by atoms with E-state index < -0.39 is 0 Å². The van der Waals surface area contributed by atoms with Crippen molar-refractivity contribution < 1.29 is 9.59 Å². The molecule has 0 aliphatic carbocycles. The molecule has 1 fully saturated rings. The topological polar surface area (TPSA) is 49.4 Å². The van der Waals surface area contributed by atoms with Crippen molar-refractivity contribution in [3.8, 4) is 0 Å². The van der Waals surface area contributed by atoms with Gasteiger partial charge in [0.2, 0.25) is 11.8 Å². The molecule has 0 bridgehead atoms. The number of rotatable bonds is 8. The molecule has 132 valence electrons. The smallest absolute Gasteiger partial charge is 0.230 e. The number of nitrogens with one attached hydrogen (secondary N) is 1. The summed E-state index contributed by atoms with van der Waals surface area (Å²) < 4.78 is 0. The first-order valence-corrected chi connectivity index (χ1v) is 9.98. The van der Waals surface area contributed by atoms with Crippen molar-refractivity contribution >= 4 is 23.6 Å². The minimum absolute atomic E-state index is 0.0786. The second kappa shape index (κ2) is 10.4. The predicted octanol–water partition coefficient (Wildman–Crippen LogP) is 3.14. The largest absolute Gasteiger partial charge is 0.355 e. The van der Waals surface area contributed by atoms with E-state index in [2.05, 4.69) is 36.5 Å². The van der Waals surface area contributed by atoms with Gasteiger partial charge in [0, 0.05) is 31.8 Å². The molecule has 1 aliphatic heterocycles. The standard InChI is InChI=1S/C19H28N2O2S/c1-16-7-5-8-17(13-16)14-24-15-18(22)20-10-6-12-21-11-4-2-3-9-19(21)23/h5,7-8,13H,2-4,6,9-12,14-15H2,1H3,(H,20,22). The molecule has 1 aliphatic rings. The van der Waals surface area contributed by atoms with Crippen LogP contribution < -0.4 is 5.32 Å². The maximum absolute atomic E-state index is 11.9. The van der Waals surface area contributed by atoms with E-state index in [1.165, 1.54) is 11.1 Å². The number of carbonyl (C=O) groups excluding carboxylic acids is 2. The van der Waals surface area contributed by atoms with Crippen LogP contribution in [0.5, 0.6) is 0 Å². The number of hydrogen-bond donors (Lipinski definition) is 1. The van der Waals surface area contributed by atoms with Crippen LogP contribution in [0.3, 0.4) is 0 Å². The highest BCUT2D eigenvalue weighted by atomic mass is 32.2. The van der Waals surface area contributed by atoms with Gasteiger partial charge in [-0.15, -0.1) is 11.8 Å². The Labute approximate surface area is 149 Å². The molecule has 1 aromatic carbocycles. The maximum atomic E-state index is 11.9. The monoisotopic (exact) mass is 348 g/mol. The average molecular weight is 349 g/mol. The Kier molecular flexibility index (Phi) is 8.16. The van der Waals surface area contributed by atoms with Gasteiger partial charge >= 0.3 is 0 Å². The highest BCUT2D eigenvalue weighted by molar-refractivity contribution is 7.99. The molecule has 0 atom stereocenters. The maximum Gasteiger partial charge on any atom is 0.230 e. The van der Waals surface area contributed by atoms with Crippen LogP contribution in [0, 0.1) is 6.92 Å². The Hall–Kier alpha value is -1.49. The summed E-state index contributed by atoms with van der Waals surface area (Å²) >= 11 is 1.64. The third-order valence-corrected chi connectivity index (χ3v) is 5.19. The summed E-state index contributed by atoms with van der Waals surface area (Å²) in [5.74, 6) is 1.69. The van der Waals surface area contributed by atoms with Crippen molar-refractivity contribution in [3.63, 3.8) is 0 Å². The fourth-order valence-corrected chi connectivity index (χ4v) is 3.69. The minimum atomic E-state index is 0.0786. The summed E-state index contributed by atoms with van der Waals surface area (Å²) in [6.45, 7) is 4.36. The van der Waals surface area contributed by atoms with Gasteiger partial charge in [-0.3, -0.25) is 9.59 Å². The van der Waals surface area contributed by atoms with E-state index in [0.717, 1.165) is 44.5 Å². The molecule has 1 heterocycles. The molecular weight excluding hydrogens is 320 g/mol. The fourth-order valence-electron chi connectivity index (χ4n) is 2.89. The van der Waals surface area contributed by atoms with Crippen molar-refractivity contribution in [2.45, 2.75) is 44.8 Å². The van der Waals surface area contributed by atoms with Crippen LogP contribution >= 0.6 is 11.8 Å². The van der Waals surface area contributed by atoms with Gasteiger partial charge in [0.1, 0.15) is 0 Å². The van der Waals surface area contributed by atoms with Gasteiger partial charge < -0.3 is 10.2 Å². The van der Waals surface area contributed by atoms with Gasteiger partial charge in [0.05, 0.1) is 5.75 Å². The number of benzene rings is 1. The van der Waals surface area contributed by atoms with Gasteiger partial charge in [-0.1, -0.05) is 36.2 Å². The first kappa shape index (κ1) is 18.8. The van der Waals surface area contributed by atoms with E-state index >= 15 is 0 Å². The van der Waals surface area contributed by atoms with Crippen molar-refractivity contribution in [3.05, 3.63) is 35.4 Å². The molecule has 1 N–H and O–H groups in total. The molecule has 0 spiro atoms. The Morgan fingerprint density at radius 3 is 3.00 bits per heavy atom. The van der Waals surface area contributed by atoms with Gasteiger partial charge in [-0.2, -0.15) is 0 Å². The molecule has 2 rings (SSSR count). The van der Waals surface area contributed by atoms with E-state index in [1.807, 2.05) is 4.90 Å². The van der Waals surface area contributed by atoms with Gasteiger partial charge in [0.25, 0.3) is 0 Å². The fraction of sp³-hybridized carbons (Fsp3) is 0.579. The van der Waals surface area contributed by atoms with Crippen LogP contribution in [-0.2, 0) is 15.3 Å². The van der Waals surface area contributed by atoms with E-state index in [0.29, 0.717) is 18.7 Å². The highest BCUT2D eigenvalue weighted by Gasteiger charge is 2.15. The lowest BCUT2D eigenvalue weighted by molar-refractivity contribution is -0.130. The zero-order chi connectivity index (χ0) is 17.2. The second-order valence-corrected chi connectivity index (χ2v) is 7.36. The molecule has 0 radical (unpaired) electrons. The molecule has 24 heavy (non-hydrogen) atoms. The number of nitrogens with zero attached hydrogens (tertiary/aromatic N) is 1. The Morgan fingerprint density at radius 2 is 2.17 bits per heavy atom. The van der Waals surface area contributed by atoms with Crippen molar-refractivity contribution in [2.75, 3.05) is 25.4 Å². The lowest BCUT2D eigenvalue weighted by atomic mass is 10.2. The molecule has 0 unspecified atom stereocenters. The molecule has 2 amide bonds. The Bertz CT molecular complexity index is 548. The summed E-state index contributed by atoms with van der Waals surface area (Å²) in [5, 5.41) is 2.95. The number of amides is 2. The first-order chi connectivity index (χ1) is 11.6. The minimum Gasteiger partial charge on any atom is -0.355 e. The van der Waals surface area contributed by atoms with Gasteiger partial charge in [-0.05, 0) is 31.7 Å². The van der Waals surface area contributed by atoms with Crippen molar-refractivity contribution in [1.82, 2.24) is 10.2 Å². The van der Waals surface area contributed by atoms with Crippen molar-refractivity contribution in [1.29, 1.82) is 0 Å². The number of likely N-dealkylation sites (tertiary alicyclic amines) is 1.